The van der Waals surface area contributed by atoms with Gasteiger partial charge in [-0.05, 0) is 73.9 Å². The predicted molar refractivity (Wildman–Crippen MR) is 105 cm³/mol. The van der Waals surface area contributed by atoms with Crippen LogP contribution in [0.25, 0.3) is 0 Å². The van der Waals surface area contributed by atoms with Crippen molar-refractivity contribution in [2.75, 3.05) is 20.8 Å². The van der Waals surface area contributed by atoms with Crippen LogP contribution in [0.1, 0.15) is 51.0 Å². The Labute approximate surface area is 172 Å². The first-order valence-corrected chi connectivity index (χ1v) is 8.18. The van der Waals surface area contributed by atoms with E-state index < -0.39 is 44.0 Å². The van der Waals surface area contributed by atoms with Crippen molar-refractivity contribution in [2.45, 2.75) is 45.6 Å². The van der Waals surface area contributed by atoms with Crippen LogP contribution in [0, 0.1) is 13.8 Å². The average molecular weight is 370 g/mol. The monoisotopic (exact) mass is 369 g/mol. The first kappa shape index (κ1) is 9.65. The Kier molecular flexibility index (Phi) is 3.74. The van der Waals surface area contributed by atoms with Gasteiger partial charge in [0.25, 0.3) is 0 Å². The molecule has 2 aromatic carbocycles. The third kappa shape index (κ3) is 5.95. The summed E-state index contributed by atoms with van der Waals surface area (Å²) < 4.78 is 102. The van der Waals surface area contributed by atoms with Gasteiger partial charge in [0, 0.05) is 2.74 Å². The van der Waals surface area contributed by atoms with Gasteiger partial charge in [0.1, 0.15) is 12.4 Å². The Morgan fingerprint density at radius 1 is 1.08 bits per heavy atom. The summed E-state index contributed by atoms with van der Waals surface area (Å²) in [7, 11) is -1.76. The fourth-order valence-corrected chi connectivity index (χ4v) is 2.12. The van der Waals surface area contributed by atoms with E-state index in [-0.39, 0.29) is 60.5 Å². The van der Waals surface area contributed by atoms with Crippen LogP contribution < -0.4 is 14.2 Å². The zero-order chi connectivity index (χ0) is 28.5. The van der Waals surface area contributed by atoms with Crippen LogP contribution in [0.15, 0.2) is 36.3 Å². The highest BCUT2D eigenvalue weighted by Gasteiger charge is 2.07. The van der Waals surface area contributed by atoms with Crippen molar-refractivity contribution >= 4 is 0 Å². The summed E-state index contributed by atoms with van der Waals surface area (Å²) in [5.74, 6) is -1.08. The van der Waals surface area contributed by atoms with Gasteiger partial charge >= 0.3 is 0 Å². The summed E-state index contributed by atoms with van der Waals surface area (Å²) in [4.78, 5) is 0. The van der Waals surface area contributed by atoms with Crippen LogP contribution in [0.2, 0.25) is 0 Å². The van der Waals surface area contributed by atoms with Crippen LogP contribution in [-0.2, 0) is 6.42 Å². The third-order valence-corrected chi connectivity index (χ3v) is 3.70. The number of methoxy groups -OCH3 is 2. The smallest absolute Gasteiger partial charge is 0.160 e. The van der Waals surface area contributed by atoms with Crippen LogP contribution in [0.5, 0.6) is 17.2 Å². The van der Waals surface area contributed by atoms with E-state index in [0.29, 0.717) is 11.1 Å². The molecule has 2 rings (SSSR count). The number of aliphatic hydroxyl groups is 1. The Hall–Kier alpha value is -2.20. The number of hydrogen-bond acceptors (Lipinski definition) is 4. The molecule has 0 heterocycles. The van der Waals surface area contributed by atoms with E-state index in [1.165, 1.54) is 0 Å². The zero-order valence-corrected chi connectivity index (χ0v) is 15.1. The predicted octanol–water partition coefficient (Wildman–Crippen LogP) is 4.47. The van der Waals surface area contributed by atoms with Gasteiger partial charge in [-0.25, -0.2) is 0 Å². The molecule has 0 aliphatic rings. The average Bonchev–Trinajstić information content (AvgIpc) is 2.81. The number of hydrogen-bond donors (Lipinski definition) is 1. The minimum atomic E-state index is -2.92. The maximum atomic E-state index is 10.4. The van der Waals surface area contributed by atoms with Crippen LogP contribution >= 0.6 is 0 Å². The van der Waals surface area contributed by atoms with E-state index in [1.807, 2.05) is 0 Å². The second-order valence-corrected chi connectivity index (χ2v) is 5.66. The van der Waals surface area contributed by atoms with E-state index >= 15 is 0 Å². The number of ether oxygens (including phenoxy) is 3. The van der Waals surface area contributed by atoms with Gasteiger partial charge in [0.15, 0.2) is 11.5 Å². The van der Waals surface area contributed by atoms with Crippen molar-refractivity contribution in [1.29, 1.82) is 0 Å². The zero-order valence-electron chi connectivity index (χ0n) is 26.1. The molecule has 0 fully saturated rings. The molecule has 0 bridgehead atoms. The Bertz CT molecular complexity index is 1120. The Morgan fingerprint density at radius 3 is 2.69 bits per heavy atom. The quantitative estimate of drug-likeness (QED) is 0.671. The molecule has 4 heteroatoms. The van der Waals surface area contributed by atoms with Crippen molar-refractivity contribution in [2.24, 2.45) is 0 Å². The van der Waals surface area contributed by atoms with E-state index in [2.05, 4.69) is 0 Å². The molecule has 0 aliphatic heterocycles. The van der Waals surface area contributed by atoms with Gasteiger partial charge in [-0.3, -0.25) is 0 Å². The largest absolute Gasteiger partial charge is 0.493 e. The van der Waals surface area contributed by atoms with Gasteiger partial charge in [-0.1, -0.05) is 18.5 Å². The van der Waals surface area contributed by atoms with Crippen molar-refractivity contribution in [3.8, 4) is 17.2 Å². The maximum Gasteiger partial charge on any atom is 0.160 e. The van der Waals surface area contributed by atoms with E-state index in [0.717, 1.165) is 7.11 Å². The molecule has 0 saturated heterocycles. The lowest BCUT2D eigenvalue weighted by Gasteiger charge is -2.13. The third-order valence-electron chi connectivity index (χ3n) is 3.70. The summed E-state index contributed by atoms with van der Waals surface area (Å²) in [6.07, 6.45) is -4.17. The van der Waals surface area contributed by atoms with Gasteiger partial charge < -0.3 is 19.3 Å². The molecule has 142 valence electrons. The summed E-state index contributed by atoms with van der Waals surface area (Å²) in [5.41, 5.74) is 0.880. The molecule has 1 atom stereocenters. The summed E-state index contributed by atoms with van der Waals surface area (Å²) in [6, 6.07) is -1.86. The Balaban J connectivity index is 2.16. The molecular formula is C22H30O4. The van der Waals surface area contributed by atoms with Gasteiger partial charge in [0.05, 0.1) is 32.6 Å². The molecule has 0 aliphatic carbocycles. The van der Waals surface area contributed by atoms with Gasteiger partial charge in [-0.2, -0.15) is 0 Å². The van der Waals surface area contributed by atoms with E-state index in [1.54, 1.807) is 13.8 Å². The Morgan fingerprint density at radius 2 is 1.92 bits per heavy atom. The summed E-state index contributed by atoms with van der Waals surface area (Å²) >= 11 is 0. The second-order valence-electron chi connectivity index (χ2n) is 5.66. The van der Waals surface area contributed by atoms with Gasteiger partial charge in [0.2, 0.25) is 0 Å². The van der Waals surface area contributed by atoms with Crippen molar-refractivity contribution < 1.29 is 34.4 Å². The number of benzene rings is 2. The molecule has 0 aromatic heterocycles. The van der Waals surface area contributed by atoms with E-state index in [4.69, 9.17) is 29.3 Å². The fraction of sp³-hybridized carbons (Fsp3) is 0.455. The lowest BCUT2D eigenvalue weighted by Crippen LogP contribution is -2.17. The molecule has 0 saturated carbocycles. The van der Waals surface area contributed by atoms with Crippen LogP contribution in [0.3, 0.4) is 0 Å². The lowest BCUT2D eigenvalue weighted by molar-refractivity contribution is 0.0976. The summed E-state index contributed by atoms with van der Waals surface area (Å²) in [5, 5.41) is 10.4. The first-order chi connectivity index (χ1) is 16.9. The van der Waals surface area contributed by atoms with Crippen LogP contribution in [0.4, 0.5) is 0 Å². The molecule has 0 radical (unpaired) electrons. The van der Waals surface area contributed by atoms with Gasteiger partial charge in [-0.15, -0.1) is 0 Å². The molecule has 26 heavy (non-hydrogen) atoms. The minimum Gasteiger partial charge on any atom is -0.493 e. The molecule has 1 N–H and O–H groups in total. The molecular weight excluding hydrogens is 328 g/mol. The standard InChI is InChI=1S/C22H30O4/c1-16-9-11-20(13-17(16)2)26-15-19(23)8-6-5-7-18-10-12-21(24-3)22(14-18)25-4/h9-14,19,23H,5-8,15H2,1-4H3/i4D3,8D2,9D,10D,11D,12D,13D,14D. The van der Waals surface area contributed by atoms with Crippen molar-refractivity contribution in [1.82, 2.24) is 0 Å². The number of rotatable bonds is 10. The molecule has 4 nitrogen and oxygen atoms in total. The number of aliphatic hydroxyl groups excluding tert-OH is 1. The fourth-order valence-electron chi connectivity index (χ4n) is 2.12. The lowest BCUT2D eigenvalue weighted by atomic mass is 10.0. The normalized spacial score (nSPS) is 19.0. The topological polar surface area (TPSA) is 47.9 Å². The highest BCUT2D eigenvalue weighted by atomic mass is 16.5. The van der Waals surface area contributed by atoms with Crippen LogP contribution in [-0.4, -0.2) is 32.0 Å². The van der Waals surface area contributed by atoms with E-state index in [9.17, 15) is 5.11 Å². The minimum absolute atomic E-state index is 0.0225. The molecule has 1 unspecified atom stereocenters. The second kappa shape index (κ2) is 10.1. The van der Waals surface area contributed by atoms with Crippen molar-refractivity contribution in [3.05, 3.63) is 52.9 Å². The molecule has 0 spiro atoms. The highest BCUT2D eigenvalue weighted by molar-refractivity contribution is 5.42. The SMILES string of the molecule is [2H]c1c([2H])c(OCC(O)C([2H])([2H])CCCc2c([2H])c([2H])c(OC)c(OC([2H])([2H])[2H])c2[2H])c([2H])c(C)c1C. The summed E-state index contributed by atoms with van der Waals surface area (Å²) in [6.45, 7) is 2.64. The molecule has 2 aromatic rings. The first-order valence-electron chi connectivity index (χ1n) is 13.7. The molecule has 0 amide bonds. The highest BCUT2D eigenvalue weighted by Crippen LogP contribution is 2.28. The maximum absolute atomic E-state index is 10.4. The van der Waals surface area contributed by atoms with Crippen molar-refractivity contribution in [3.63, 3.8) is 0 Å².